The Morgan fingerprint density at radius 3 is 2.69 bits per heavy atom. The Morgan fingerprint density at radius 1 is 1.31 bits per heavy atom. The second-order valence-corrected chi connectivity index (χ2v) is 6.44. The number of aryl methyl sites for hydroxylation is 3. The van der Waals surface area contributed by atoms with E-state index in [0.717, 1.165) is 5.69 Å². The fourth-order valence-electron chi connectivity index (χ4n) is 3.32. The summed E-state index contributed by atoms with van der Waals surface area (Å²) in [5.41, 5.74) is 2.13. The lowest BCUT2D eigenvalue weighted by Crippen LogP contribution is -2.43. The summed E-state index contributed by atoms with van der Waals surface area (Å²) in [6, 6.07) is 0. The molecular weight excluding hydrogens is 338 g/mol. The van der Waals surface area contributed by atoms with Crippen molar-refractivity contribution in [2.45, 2.75) is 39.8 Å². The van der Waals surface area contributed by atoms with E-state index in [0.29, 0.717) is 49.7 Å². The third kappa shape index (κ3) is 3.50. The molecule has 0 saturated carbocycles. The van der Waals surface area contributed by atoms with E-state index in [1.165, 1.54) is 6.92 Å². The Kier molecular flexibility index (Phi) is 5.12. The maximum absolute atomic E-state index is 12.6. The third-order valence-corrected chi connectivity index (χ3v) is 4.63. The number of hydrogen-bond donors (Lipinski definition) is 0. The first kappa shape index (κ1) is 18.2. The average Bonchev–Trinajstić information content (AvgIpc) is 3.15. The van der Waals surface area contributed by atoms with Crippen LogP contribution < -0.4 is 0 Å². The minimum absolute atomic E-state index is 0.00844. The molecule has 26 heavy (non-hydrogen) atoms. The minimum Gasteiger partial charge on any atom is -0.366 e. The number of tetrazole rings is 1. The van der Waals surface area contributed by atoms with Gasteiger partial charge in [0.25, 0.3) is 0 Å². The summed E-state index contributed by atoms with van der Waals surface area (Å²) in [7, 11) is 1.74. The first-order chi connectivity index (χ1) is 12.4. The van der Waals surface area contributed by atoms with Crippen LogP contribution in [0.3, 0.4) is 0 Å². The number of rotatable bonds is 5. The largest absolute Gasteiger partial charge is 0.366 e. The van der Waals surface area contributed by atoms with Crippen molar-refractivity contribution in [3.63, 3.8) is 0 Å². The van der Waals surface area contributed by atoms with Gasteiger partial charge in [0, 0.05) is 32.3 Å². The summed E-state index contributed by atoms with van der Waals surface area (Å²) >= 11 is 0. The molecule has 0 bridgehead atoms. The highest BCUT2D eigenvalue weighted by Gasteiger charge is 2.28. The molecule has 1 atom stereocenters. The zero-order chi connectivity index (χ0) is 18.8. The van der Waals surface area contributed by atoms with Crippen LogP contribution in [0.15, 0.2) is 0 Å². The number of ether oxygens (including phenoxy) is 1. The summed E-state index contributed by atoms with van der Waals surface area (Å²) < 4.78 is 8.98. The van der Waals surface area contributed by atoms with Crippen molar-refractivity contribution in [2.75, 3.05) is 19.7 Å². The van der Waals surface area contributed by atoms with Crippen LogP contribution in [0.4, 0.5) is 0 Å². The molecule has 1 unspecified atom stereocenters. The molecule has 1 fully saturated rings. The molecule has 2 aromatic heterocycles. The van der Waals surface area contributed by atoms with E-state index in [2.05, 4.69) is 20.6 Å². The quantitative estimate of drug-likeness (QED) is 0.701. The number of hydrogen-bond acceptors (Lipinski definition) is 7. The third-order valence-electron chi connectivity index (χ3n) is 4.63. The van der Waals surface area contributed by atoms with E-state index in [9.17, 15) is 9.59 Å². The fourth-order valence-corrected chi connectivity index (χ4v) is 3.32. The molecule has 3 heterocycles. The zero-order valence-corrected chi connectivity index (χ0v) is 15.5. The van der Waals surface area contributed by atoms with Gasteiger partial charge in [0.1, 0.15) is 6.10 Å². The Morgan fingerprint density at radius 2 is 2.08 bits per heavy atom. The van der Waals surface area contributed by atoms with Crippen molar-refractivity contribution in [1.29, 1.82) is 0 Å². The molecule has 2 aromatic rings. The summed E-state index contributed by atoms with van der Waals surface area (Å²) in [5.74, 6) is 0.614. The molecule has 3 rings (SSSR count). The van der Waals surface area contributed by atoms with Crippen LogP contribution in [-0.4, -0.2) is 66.3 Å². The molecule has 0 aliphatic carbocycles. The number of Topliss-reactive ketones (excluding diaryl/α,β-unsaturated/α-hetero) is 1. The van der Waals surface area contributed by atoms with Crippen molar-refractivity contribution in [1.82, 2.24) is 34.9 Å². The lowest BCUT2D eigenvalue weighted by molar-refractivity contribution is -0.139. The van der Waals surface area contributed by atoms with Gasteiger partial charge in [0.05, 0.1) is 24.4 Å². The van der Waals surface area contributed by atoms with Crippen LogP contribution in [0.2, 0.25) is 0 Å². The van der Waals surface area contributed by atoms with Crippen LogP contribution >= 0.6 is 0 Å². The Hall–Kier alpha value is -2.62. The molecule has 0 radical (unpaired) electrons. The van der Waals surface area contributed by atoms with Gasteiger partial charge in [0.15, 0.2) is 11.6 Å². The summed E-state index contributed by atoms with van der Waals surface area (Å²) in [6.07, 6.45) is -0.0194. The molecular formula is C16H23N7O3. The number of ketones is 1. The van der Waals surface area contributed by atoms with E-state index in [4.69, 9.17) is 4.74 Å². The van der Waals surface area contributed by atoms with Crippen molar-refractivity contribution < 1.29 is 14.3 Å². The van der Waals surface area contributed by atoms with E-state index in [1.54, 1.807) is 21.3 Å². The fraction of sp³-hybridized carbons (Fsp3) is 0.625. The number of nitrogens with zero attached hydrogens (tertiary/aromatic N) is 7. The first-order valence-corrected chi connectivity index (χ1v) is 8.55. The number of carbonyl (C=O) groups is 2. The van der Waals surface area contributed by atoms with Gasteiger partial charge in [-0.15, -0.1) is 5.10 Å². The predicted molar refractivity (Wildman–Crippen MR) is 90.4 cm³/mol. The molecule has 1 saturated heterocycles. The second-order valence-electron chi connectivity index (χ2n) is 6.44. The van der Waals surface area contributed by atoms with Gasteiger partial charge in [-0.05, 0) is 31.2 Å². The van der Waals surface area contributed by atoms with Gasteiger partial charge >= 0.3 is 0 Å². The Labute approximate surface area is 151 Å². The maximum atomic E-state index is 12.6. The standard InChI is InChI=1S/C16H23N7O3/c1-10-15(12(3)24)11(2)23(18-10)6-5-14(25)22-7-8-26-13(9-22)16-17-19-20-21(16)4/h13H,5-9H2,1-4H3. The molecule has 1 aliphatic rings. The maximum Gasteiger partial charge on any atom is 0.224 e. The van der Waals surface area contributed by atoms with Crippen molar-refractivity contribution >= 4 is 11.7 Å². The monoisotopic (exact) mass is 361 g/mol. The van der Waals surface area contributed by atoms with Gasteiger partial charge in [-0.1, -0.05) is 0 Å². The summed E-state index contributed by atoms with van der Waals surface area (Å²) in [6.45, 7) is 7.03. The molecule has 0 aromatic carbocycles. The molecule has 0 N–H and O–H groups in total. The van der Waals surface area contributed by atoms with Crippen LogP contribution in [0, 0.1) is 13.8 Å². The lowest BCUT2D eigenvalue weighted by atomic mass is 10.1. The summed E-state index contributed by atoms with van der Waals surface area (Å²) in [4.78, 5) is 26.1. The highest BCUT2D eigenvalue weighted by atomic mass is 16.5. The van der Waals surface area contributed by atoms with Crippen LogP contribution in [-0.2, 0) is 23.1 Å². The SMILES string of the molecule is CC(=O)c1c(C)nn(CCC(=O)N2CCOC(c3nnnn3C)C2)c1C. The molecule has 10 nitrogen and oxygen atoms in total. The molecule has 140 valence electrons. The van der Waals surface area contributed by atoms with Gasteiger partial charge < -0.3 is 9.64 Å². The first-order valence-electron chi connectivity index (χ1n) is 8.55. The van der Waals surface area contributed by atoms with Gasteiger partial charge in [-0.25, -0.2) is 4.68 Å². The van der Waals surface area contributed by atoms with Crippen LogP contribution in [0.5, 0.6) is 0 Å². The molecule has 10 heteroatoms. The van der Waals surface area contributed by atoms with Crippen molar-refractivity contribution in [2.24, 2.45) is 7.05 Å². The van der Waals surface area contributed by atoms with Gasteiger partial charge in [-0.3, -0.25) is 14.3 Å². The van der Waals surface area contributed by atoms with Crippen LogP contribution in [0.1, 0.15) is 47.0 Å². The molecule has 1 aliphatic heterocycles. The van der Waals surface area contributed by atoms with E-state index < -0.39 is 0 Å². The average molecular weight is 361 g/mol. The number of carbonyl (C=O) groups excluding carboxylic acids is 2. The van der Waals surface area contributed by atoms with E-state index in [1.807, 2.05) is 13.8 Å². The highest BCUT2D eigenvalue weighted by Crippen LogP contribution is 2.20. The van der Waals surface area contributed by atoms with E-state index >= 15 is 0 Å². The Balaban J connectivity index is 1.63. The number of morpholine rings is 1. The highest BCUT2D eigenvalue weighted by molar-refractivity contribution is 5.96. The molecule has 0 spiro atoms. The zero-order valence-electron chi connectivity index (χ0n) is 15.5. The lowest BCUT2D eigenvalue weighted by Gasteiger charge is -2.32. The Bertz CT molecular complexity index is 826. The predicted octanol–water partition coefficient (Wildman–Crippen LogP) is 0.216. The smallest absolute Gasteiger partial charge is 0.224 e. The number of aromatic nitrogens is 6. The topological polar surface area (TPSA) is 108 Å². The normalized spacial score (nSPS) is 17.5. The van der Waals surface area contributed by atoms with Gasteiger partial charge in [-0.2, -0.15) is 5.10 Å². The number of amides is 1. The van der Waals surface area contributed by atoms with Crippen molar-refractivity contribution in [3.05, 3.63) is 22.8 Å². The summed E-state index contributed by atoms with van der Waals surface area (Å²) in [5, 5.41) is 15.8. The van der Waals surface area contributed by atoms with E-state index in [-0.39, 0.29) is 17.8 Å². The molecule has 1 amide bonds. The second kappa shape index (κ2) is 7.32. The van der Waals surface area contributed by atoms with Crippen molar-refractivity contribution in [3.8, 4) is 0 Å². The minimum atomic E-state index is -0.328. The van der Waals surface area contributed by atoms with Gasteiger partial charge in [0.2, 0.25) is 5.91 Å². The van der Waals surface area contributed by atoms with Crippen LogP contribution in [0.25, 0.3) is 0 Å².